The molecule has 1 aromatic carbocycles. The van der Waals surface area contributed by atoms with Gasteiger partial charge in [0.2, 0.25) is 5.75 Å². The summed E-state index contributed by atoms with van der Waals surface area (Å²) in [6.07, 6.45) is 0.0951. The van der Waals surface area contributed by atoms with Crippen molar-refractivity contribution in [2.24, 2.45) is 0 Å². The van der Waals surface area contributed by atoms with Crippen molar-refractivity contribution >= 4 is 11.9 Å². The number of hydrogen-bond donors (Lipinski definition) is 1. The van der Waals surface area contributed by atoms with Gasteiger partial charge in [0, 0.05) is 6.54 Å². The molecule has 1 aromatic rings. The van der Waals surface area contributed by atoms with Crippen molar-refractivity contribution in [1.29, 1.82) is 0 Å². The number of nitrogens with one attached hydrogen (secondary N) is 1. The summed E-state index contributed by atoms with van der Waals surface area (Å²) < 4.78 is 20.1. The molecule has 116 valence electrons. The molecule has 0 saturated heterocycles. The topological polar surface area (TPSA) is 83.1 Å². The maximum Gasteiger partial charge on any atom is 0.307 e. The van der Waals surface area contributed by atoms with Gasteiger partial charge in [0.1, 0.15) is 0 Å². The molecule has 0 aliphatic heterocycles. The van der Waals surface area contributed by atoms with Crippen LogP contribution in [0.15, 0.2) is 12.1 Å². The summed E-state index contributed by atoms with van der Waals surface area (Å²) in [7, 11) is 5.68. The molecule has 21 heavy (non-hydrogen) atoms. The zero-order valence-electron chi connectivity index (χ0n) is 12.5. The Balaban J connectivity index is 2.91. The van der Waals surface area contributed by atoms with Gasteiger partial charge >= 0.3 is 5.97 Å². The van der Waals surface area contributed by atoms with Gasteiger partial charge in [-0.25, -0.2) is 0 Å². The number of esters is 1. The highest BCUT2D eigenvalue weighted by atomic mass is 16.5. The Bertz CT molecular complexity index is 514. The summed E-state index contributed by atoms with van der Waals surface area (Å²) in [5.74, 6) is 0.291. The lowest BCUT2D eigenvalue weighted by molar-refractivity contribution is -0.140. The third-order valence-corrected chi connectivity index (χ3v) is 2.79. The number of carbonyl (C=O) groups excluding carboxylic acids is 2. The van der Waals surface area contributed by atoms with Gasteiger partial charge < -0.3 is 24.3 Å². The maximum atomic E-state index is 12.1. The molecule has 0 fully saturated rings. The molecule has 1 amide bonds. The SMILES string of the molecule is COC(=O)CCNC(=O)c1ccc(OC)c(OC)c1OC. The van der Waals surface area contributed by atoms with Gasteiger partial charge in [0.15, 0.2) is 11.5 Å². The summed E-state index contributed by atoms with van der Waals surface area (Å²) in [5.41, 5.74) is 0.292. The van der Waals surface area contributed by atoms with Crippen LogP contribution in [0.1, 0.15) is 16.8 Å². The number of rotatable bonds is 7. The molecule has 0 spiro atoms. The standard InChI is InChI=1S/C14H19NO6/c1-18-10-6-5-9(12(20-3)13(10)21-4)14(17)15-8-7-11(16)19-2/h5-6H,7-8H2,1-4H3,(H,15,17). The van der Waals surface area contributed by atoms with E-state index in [1.807, 2.05) is 0 Å². The van der Waals surface area contributed by atoms with Crippen LogP contribution < -0.4 is 19.5 Å². The Morgan fingerprint density at radius 1 is 1.00 bits per heavy atom. The van der Waals surface area contributed by atoms with Crippen molar-refractivity contribution < 1.29 is 28.5 Å². The van der Waals surface area contributed by atoms with E-state index in [1.54, 1.807) is 12.1 Å². The van der Waals surface area contributed by atoms with Gasteiger partial charge in [-0.3, -0.25) is 9.59 Å². The number of methoxy groups -OCH3 is 4. The fourth-order valence-electron chi connectivity index (χ4n) is 1.76. The normalized spacial score (nSPS) is 9.71. The van der Waals surface area contributed by atoms with Gasteiger partial charge in [-0.05, 0) is 12.1 Å². The first-order valence-electron chi connectivity index (χ1n) is 6.23. The van der Waals surface area contributed by atoms with E-state index >= 15 is 0 Å². The quantitative estimate of drug-likeness (QED) is 0.756. The minimum Gasteiger partial charge on any atom is -0.493 e. The molecule has 0 aliphatic carbocycles. The number of carbonyl (C=O) groups is 2. The molecule has 1 N–H and O–H groups in total. The smallest absolute Gasteiger partial charge is 0.307 e. The molecule has 0 aromatic heterocycles. The lowest BCUT2D eigenvalue weighted by Crippen LogP contribution is -2.26. The van der Waals surface area contributed by atoms with E-state index in [0.717, 1.165) is 0 Å². The van der Waals surface area contributed by atoms with E-state index in [0.29, 0.717) is 17.1 Å². The van der Waals surface area contributed by atoms with E-state index in [1.165, 1.54) is 28.4 Å². The fourth-order valence-corrected chi connectivity index (χ4v) is 1.76. The molecule has 0 atom stereocenters. The van der Waals surface area contributed by atoms with Crippen LogP contribution in [0, 0.1) is 0 Å². The minimum atomic E-state index is -0.394. The molecule has 7 heteroatoms. The summed E-state index contributed by atoms with van der Waals surface area (Å²) in [6, 6.07) is 3.17. The zero-order valence-corrected chi connectivity index (χ0v) is 12.5. The van der Waals surface area contributed by atoms with Crippen molar-refractivity contribution in [2.75, 3.05) is 35.0 Å². The molecule has 0 bridgehead atoms. The largest absolute Gasteiger partial charge is 0.493 e. The Morgan fingerprint density at radius 3 is 2.19 bits per heavy atom. The molecular weight excluding hydrogens is 278 g/mol. The fraction of sp³-hybridized carbons (Fsp3) is 0.429. The third-order valence-electron chi connectivity index (χ3n) is 2.79. The minimum absolute atomic E-state index is 0.0951. The van der Waals surface area contributed by atoms with Crippen LogP contribution in [-0.2, 0) is 9.53 Å². The van der Waals surface area contributed by atoms with Crippen molar-refractivity contribution in [3.8, 4) is 17.2 Å². The van der Waals surface area contributed by atoms with E-state index in [9.17, 15) is 9.59 Å². The van der Waals surface area contributed by atoms with Gasteiger partial charge in [0.05, 0.1) is 40.4 Å². The summed E-state index contributed by atoms with van der Waals surface area (Å²) in [4.78, 5) is 23.1. The Labute approximate surface area is 123 Å². The first-order valence-corrected chi connectivity index (χ1v) is 6.23. The van der Waals surface area contributed by atoms with Gasteiger partial charge in [-0.2, -0.15) is 0 Å². The summed E-state index contributed by atoms with van der Waals surface area (Å²) in [5, 5.41) is 2.61. The second-order valence-corrected chi connectivity index (χ2v) is 3.96. The van der Waals surface area contributed by atoms with Crippen LogP contribution in [0.5, 0.6) is 17.2 Å². The second-order valence-electron chi connectivity index (χ2n) is 3.96. The van der Waals surface area contributed by atoms with Crippen LogP contribution in [-0.4, -0.2) is 46.9 Å². The van der Waals surface area contributed by atoms with Crippen molar-refractivity contribution in [2.45, 2.75) is 6.42 Å². The number of hydrogen-bond acceptors (Lipinski definition) is 6. The Morgan fingerprint density at radius 2 is 1.67 bits per heavy atom. The average molecular weight is 297 g/mol. The number of amides is 1. The van der Waals surface area contributed by atoms with E-state index < -0.39 is 5.97 Å². The number of benzene rings is 1. The summed E-state index contributed by atoms with van der Waals surface area (Å²) in [6.45, 7) is 0.170. The van der Waals surface area contributed by atoms with E-state index in [2.05, 4.69) is 10.1 Å². The molecule has 0 aliphatic rings. The second kappa shape index (κ2) is 7.98. The van der Waals surface area contributed by atoms with Crippen LogP contribution in [0.4, 0.5) is 0 Å². The highest BCUT2D eigenvalue weighted by molar-refractivity contribution is 5.98. The first kappa shape index (κ1) is 16.6. The molecule has 0 saturated carbocycles. The highest BCUT2D eigenvalue weighted by Crippen LogP contribution is 2.39. The Hall–Kier alpha value is -2.44. The Kier molecular flexibility index (Phi) is 6.32. The van der Waals surface area contributed by atoms with Crippen LogP contribution in [0.2, 0.25) is 0 Å². The predicted molar refractivity (Wildman–Crippen MR) is 75.1 cm³/mol. The lowest BCUT2D eigenvalue weighted by atomic mass is 10.1. The third kappa shape index (κ3) is 4.01. The van der Waals surface area contributed by atoms with Gasteiger partial charge in [-0.15, -0.1) is 0 Å². The monoisotopic (exact) mass is 297 g/mol. The van der Waals surface area contributed by atoms with Crippen molar-refractivity contribution in [3.05, 3.63) is 17.7 Å². The first-order chi connectivity index (χ1) is 10.1. The van der Waals surface area contributed by atoms with Crippen molar-refractivity contribution in [3.63, 3.8) is 0 Å². The summed E-state index contributed by atoms with van der Waals surface area (Å²) >= 11 is 0. The highest BCUT2D eigenvalue weighted by Gasteiger charge is 2.20. The van der Waals surface area contributed by atoms with Crippen LogP contribution in [0.25, 0.3) is 0 Å². The van der Waals surface area contributed by atoms with Crippen LogP contribution >= 0.6 is 0 Å². The van der Waals surface area contributed by atoms with Crippen molar-refractivity contribution in [1.82, 2.24) is 5.32 Å². The van der Waals surface area contributed by atoms with Gasteiger partial charge in [0.25, 0.3) is 5.91 Å². The molecular formula is C14H19NO6. The molecule has 0 unspecified atom stereocenters. The molecule has 0 radical (unpaired) electrons. The van der Waals surface area contributed by atoms with Crippen LogP contribution in [0.3, 0.4) is 0 Å². The average Bonchev–Trinajstić information content (AvgIpc) is 2.52. The van der Waals surface area contributed by atoms with Gasteiger partial charge in [-0.1, -0.05) is 0 Å². The molecule has 1 rings (SSSR count). The van der Waals surface area contributed by atoms with E-state index in [4.69, 9.17) is 14.2 Å². The molecule has 0 heterocycles. The predicted octanol–water partition coefficient (Wildman–Crippen LogP) is 1.01. The number of ether oxygens (including phenoxy) is 4. The zero-order chi connectivity index (χ0) is 15.8. The molecule has 7 nitrogen and oxygen atoms in total. The lowest BCUT2D eigenvalue weighted by Gasteiger charge is -2.15. The van der Waals surface area contributed by atoms with E-state index in [-0.39, 0.29) is 24.6 Å². The maximum absolute atomic E-state index is 12.1.